The van der Waals surface area contributed by atoms with Crippen LogP contribution in [-0.4, -0.2) is 48.6 Å². The summed E-state index contributed by atoms with van der Waals surface area (Å²) in [6, 6.07) is 0. The standard InChI is InChI=1S/C13H12F12O2/c1-8(11(17,18)19,12(20,21)22)27-4-26-7-3-5-2-6(7)9(14,10(5,15)16)13(23,24)25/h5-7H,2-4H2,1H3. The molecule has 0 aromatic carbocycles. The van der Waals surface area contributed by atoms with E-state index in [0.29, 0.717) is 0 Å². The third-order valence-electron chi connectivity index (χ3n) is 5.14. The van der Waals surface area contributed by atoms with Crippen LogP contribution in [0.4, 0.5) is 52.7 Å². The molecule has 0 saturated heterocycles. The molecule has 4 atom stereocenters. The maximum Gasteiger partial charge on any atom is 0.428 e. The van der Waals surface area contributed by atoms with Crippen LogP contribution in [0.3, 0.4) is 0 Å². The van der Waals surface area contributed by atoms with Crippen LogP contribution in [0, 0.1) is 11.8 Å². The Labute approximate surface area is 143 Å². The molecule has 0 heterocycles. The SMILES string of the molecule is CC(OCOC1CC2CC1C(F)(C(F)(F)F)C2(F)F)(C(F)(F)F)C(F)(F)F. The van der Waals surface area contributed by atoms with Crippen LogP contribution in [0.1, 0.15) is 19.8 Å². The van der Waals surface area contributed by atoms with Gasteiger partial charge in [0.1, 0.15) is 6.79 Å². The van der Waals surface area contributed by atoms with Gasteiger partial charge in [0.2, 0.25) is 0 Å². The molecule has 27 heavy (non-hydrogen) atoms. The number of rotatable bonds is 4. The fourth-order valence-corrected chi connectivity index (χ4v) is 3.41. The highest BCUT2D eigenvalue weighted by Gasteiger charge is 2.84. The summed E-state index contributed by atoms with van der Waals surface area (Å²) in [7, 11) is 0. The number of hydrogen-bond acceptors (Lipinski definition) is 2. The van der Waals surface area contributed by atoms with Gasteiger partial charge in [0.15, 0.2) is 0 Å². The van der Waals surface area contributed by atoms with Crippen molar-refractivity contribution in [1.82, 2.24) is 0 Å². The number of alkyl halides is 12. The number of halogens is 12. The lowest BCUT2D eigenvalue weighted by Crippen LogP contribution is -2.62. The van der Waals surface area contributed by atoms with E-state index in [4.69, 9.17) is 0 Å². The van der Waals surface area contributed by atoms with E-state index in [9.17, 15) is 52.7 Å². The molecule has 2 aliphatic rings. The first kappa shape index (κ1) is 22.4. The molecule has 2 nitrogen and oxygen atoms in total. The lowest BCUT2D eigenvalue weighted by Gasteiger charge is -2.41. The molecule has 160 valence electrons. The highest BCUT2D eigenvalue weighted by atomic mass is 19.4. The zero-order valence-corrected chi connectivity index (χ0v) is 13.2. The van der Waals surface area contributed by atoms with E-state index in [1.165, 1.54) is 0 Å². The van der Waals surface area contributed by atoms with Gasteiger partial charge in [-0.05, 0) is 19.8 Å². The van der Waals surface area contributed by atoms with Crippen LogP contribution in [0.2, 0.25) is 0 Å². The highest BCUT2D eigenvalue weighted by Crippen LogP contribution is 2.66. The predicted octanol–water partition coefficient (Wildman–Crippen LogP) is 5.17. The van der Waals surface area contributed by atoms with E-state index in [1.54, 1.807) is 0 Å². The van der Waals surface area contributed by atoms with Crippen molar-refractivity contribution >= 4 is 0 Å². The molecule has 4 unspecified atom stereocenters. The maximum atomic E-state index is 14.2. The van der Waals surface area contributed by atoms with Gasteiger partial charge in [0.05, 0.1) is 6.10 Å². The Morgan fingerprint density at radius 3 is 1.70 bits per heavy atom. The van der Waals surface area contributed by atoms with Crippen LogP contribution in [0.25, 0.3) is 0 Å². The second-order valence-corrected chi connectivity index (χ2v) is 6.60. The van der Waals surface area contributed by atoms with Crippen LogP contribution in [0.5, 0.6) is 0 Å². The minimum atomic E-state index is -6.01. The van der Waals surface area contributed by atoms with E-state index < -0.39 is 73.3 Å². The predicted molar refractivity (Wildman–Crippen MR) is 62.4 cm³/mol. The average molecular weight is 428 g/mol. The summed E-state index contributed by atoms with van der Waals surface area (Å²) in [6.45, 7) is -2.19. The molecule has 2 saturated carbocycles. The van der Waals surface area contributed by atoms with E-state index >= 15 is 0 Å². The van der Waals surface area contributed by atoms with E-state index in [1.807, 2.05) is 0 Å². The van der Waals surface area contributed by atoms with Gasteiger partial charge in [-0.3, -0.25) is 0 Å². The molecule has 0 amide bonds. The van der Waals surface area contributed by atoms with Crippen LogP contribution < -0.4 is 0 Å². The number of fused-ring (bicyclic) bond motifs is 2. The van der Waals surface area contributed by atoms with Crippen molar-refractivity contribution in [3.05, 3.63) is 0 Å². The van der Waals surface area contributed by atoms with Gasteiger partial charge >= 0.3 is 18.5 Å². The lowest BCUT2D eigenvalue weighted by molar-refractivity contribution is -0.391. The molecular weight excluding hydrogens is 416 g/mol. The number of hydrogen-bond donors (Lipinski definition) is 0. The molecule has 0 N–H and O–H groups in total. The van der Waals surface area contributed by atoms with Crippen molar-refractivity contribution in [2.75, 3.05) is 6.79 Å². The van der Waals surface area contributed by atoms with E-state index in [-0.39, 0.29) is 6.92 Å². The Kier molecular flexibility index (Phi) is 5.00. The Morgan fingerprint density at radius 2 is 1.33 bits per heavy atom. The molecule has 0 aliphatic heterocycles. The largest absolute Gasteiger partial charge is 0.428 e. The lowest BCUT2D eigenvalue weighted by atomic mass is 9.80. The number of ether oxygens (including phenoxy) is 2. The summed E-state index contributed by atoms with van der Waals surface area (Å²) in [4.78, 5) is 0. The monoisotopic (exact) mass is 428 g/mol. The van der Waals surface area contributed by atoms with Gasteiger partial charge in [-0.1, -0.05) is 0 Å². The average Bonchev–Trinajstić information content (AvgIpc) is 2.94. The second kappa shape index (κ2) is 6.04. The Balaban J connectivity index is 2.13. The first-order valence-corrected chi connectivity index (χ1v) is 7.33. The molecule has 2 rings (SSSR count). The van der Waals surface area contributed by atoms with Crippen molar-refractivity contribution in [1.29, 1.82) is 0 Å². The molecule has 0 aromatic heterocycles. The van der Waals surface area contributed by atoms with Crippen molar-refractivity contribution in [3.63, 3.8) is 0 Å². The summed E-state index contributed by atoms with van der Waals surface area (Å²) < 4.78 is 164. The minimum absolute atomic E-state index is 0.375. The zero-order valence-electron chi connectivity index (χ0n) is 13.2. The highest BCUT2D eigenvalue weighted by molar-refractivity contribution is 5.19. The Morgan fingerprint density at radius 1 is 0.852 bits per heavy atom. The smallest absolute Gasteiger partial charge is 0.352 e. The van der Waals surface area contributed by atoms with Gasteiger partial charge in [0.25, 0.3) is 17.2 Å². The Bertz CT molecular complexity index is 551. The van der Waals surface area contributed by atoms with Crippen LogP contribution in [-0.2, 0) is 9.47 Å². The molecule has 0 aromatic rings. The summed E-state index contributed by atoms with van der Waals surface area (Å²) in [5.41, 5.74) is -9.71. The van der Waals surface area contributed by atoms with Crippen molar-refractivity contribution in [3.8, 4) is 0 Å². The topological polar surface area (TPSA) is 18.5 Å². The van der Waals surface area contributed by atoms with Gasteiger partial charge < -0.3 is 9.47 Å². The fourth-order valence-electron chi connectivity index (χ4n) is 3.41. The molecule has 2 aliphatic carbocycles. The third-order valence-corrected chi connectivity index (χ3v) is 5.14. The van der Waals surface area contributed by atoms with Gasteiger partial charge in [-0.15, -0.1) is 0 Å². The third kappa shape index (κ3) is 3.06. The molecule has 2 fully saturated rings. The molecular formula is C13H12F12O2. The van der Waals surface area contributed by atoms with Crippen molar-refractivity contribution in [2.45, 2.75) is 61.6 Å². The van der Waals surface area contributed by atoms with Gasteiger partial charge in [-0.2, -0.15) is 39.5 Å². The molecule has 2 bridgehead atoms. The van der Waals surface area contributed by atoms with Gasteiger partial charge in [0, 0.05) is 11.8 Å². The van der Waals surface area contributed by atoms with Crippen LogP contribution >= 0.6 is 0 Å². The normalized spacial score (nSPS) is 34.3. The summed E-state index contributed by atoms with van der Waals surface area (Å²) in [5, 5.41) is 0. The van der Waals surface area contributed by atoms with E-state index in [2.05, 4.69) is 9.47 Å². The van der Waals surface area contributed by atoms with Crippen LogP contribution in [0.15, 0.2) is 0 Å². The molecule has 14 heteroatoms. The zero-order chi connectivity index (χ0) is 21.3. The first-order valence-electron chi connectivity index (χ1n) is 7.33. The van der Waals surface area contributed by atoms with Gasteiger partial charge in [-0.25, -0.2) is 13.2 Å². The summed E-state index contributed by atoms with van der Waals surface area (Å²) >= 11 is 0. The quantitative estimate of drug-likeness (QED) is 0.454. The molecule has 0 spiro atoms. The molecule has 0 radical (unpaired) electrons. The van der Waals surface area contributed by atoms with E-state index in [0.717, 1.165) is 0 Å². The summed E-state index contributed by atoms with van der Waals surface area (Å²) in [5.74, 6) is -9.39. The second-order valence-electron chi connectivity index (χ2n) is 6.60. The summed E-state index contributed by atoms with van der Waals surface area (Å²) in [6.07, 6.45) is -21.7. The van der Waals surface area contributed by atoms with Crippen molar-refractivity contribution in [2.24, 2.45) is 11.8 Å². The van der Waals surface area contributed by atoms with Crippen molar-refractivity contribution < 1.29 is 62.2 Å². The fraction of sp³-hybridized carbons (Fsp3) is 1.00. The first-order chi connectivity index (χ1) is 11.8. The minimum Gasteiger partial charge on any atom is -0.352 e. The maximum absolute atomic E-state index is 14.2. The Hall–Kier alpha value is -0.920.